The number of carbonyl (C=O) groups excluding carboxylic acids is 1. The number of benzene rings is 1. The van der Waals surface area contributed by atoms with E-state index in [4.69, 9.17) is 4.74 Å². The Morgan fingerprint density at radius 3 is 2.86 bits per heavy atom. The molecule has 1 fully saturated rings. The standard InChI is InChI=1S/C16H14N2O3/c19-14-6-1-10-9-12(4-5-13(10)14)21-15-16(20)18(8-7-17-15)11-2-3-11/h4-5,7-9,11H,1-3,6H2. The van der Waals surface area contributed by atoms with Crippen molar-refractivity contribution in [2.75, 3.05) is 0 Å². The molecular weight excluding hydrogens is 268 g/mol. The Morgan fingerprint density at radius 2 is 2.05 bits per heavy atom. The van der Waals surface area contributed by atoms with Crippen LogP contribution in [0.25, 0.3) is 0 Å². The molecule has 0 amide bonds. The molecule has 0 atom stereocenters. The summed E-state index contributed by atoms with van der Waals surface area (Å²) < 4.78 is 7.31. The summed E-state index contributed by atoms with van der Waals surface area (Å²) in [5, 5.41) is 0. The smallest absolute Gasteiger partial charge is 0.313 e. The molecule has 0 spiro atoms. The second-order valence-electron chi connectivity index (χ2n) is 5.52. The second kappa shape index (κ2) is 4.55. The van der Waals surface area contributed by atoms with E-state index in [1.807, 2.05) is 6.07 Å². The molecule has 4 rings (SSSR count). The van der Waals surface area contributed by atoms with E-state index in [2.05, 4.69) is 4.98 Å². The summed E-state index contributed by atoms with van der Waals surface area (Å²) in [6, 6.07) is 5.61. The van der Waals surface area contributed by atoms with Gasteiger partial charge in [0.05, 0.1) is 0 Å². The topological polar surface area (TPSA) is 61.2 Å². The molecule has 2 aromatic rings. The summed E-state index contributed by atoms with van der Waals surface area (Å²) in [6.45, 7) is 0. The van der Waals surface area contributed by atoms with Gasteiger partial charge in [-0.2, -0.15) is 0 Å². The Kier molecular flexibility index (Phi) is 2.67. The fraction of sp³-hybridized carbons (Fsp3) is 0.312. The highest BCUT2D eigenvalue weighted by Gasteiger charge is 2.26. The minimum Gasteiger partial charge on any atom is -0.435 e. The molecule has 0 aliphatic heterocycles. The van der Waals surface area contributed by atoms with Crippen molar-refractivity contribution >= 4 is 5.78 Å². The molecule has 0 bridgehead atoms. The van der Waals surface area contributed by atoms with Crippen LogP contribution in [-0.4, -0.2) is 15.3 Å². The number of ketones is 1. The van der Waals surface area contributed by atoms with Crippen molar-refractivity contribution in [1.82, 2.24) is 9.55 Å². The van der Waals surface area contributed by atoms with Crippen molar-refractivity contribution in [3.8, 4) is 11.6 Å². The summed E-state index contributed by atoms with van der Waals surface area (Å²) in [6.07, 6.45) is 6.64. The largest absolute Gasteiger partial charge is 0.435 e. The quantitative estimate of drug-likeness (QED) is 0.867. The average molecular weight is 282 g/mol. The molecule has 1 heterocycles. The van der Waals surface area contributed by atoms with Crippen LogP contribution in [0.4, 0.5) is 0 Å². The van der Waals surface area contributed by atoms with Crippen molar-refractivity contribution in [3.63, 3.8) is 0 Å². The first-order chi connectivity index (χ1) is 10.2. The average Bonchev–Trinajstić information content (AvgIpc) is 3.26. The molecule has 1 aromatic heterocycles. The van der Waals surface area contributed by atoms with Crippen molar-refractivity contribution in [3.05, 3.63) is 52.1 Å². The summed E-state index contributed by atoms with van der Waals surface area (Å²) in [5.74, 6) is 0.820. The molecule has 0 saturated heterocycles. The molecule has 0 N–H and O–H groups in total. The highest BCUT2D eigenvalue weighted by atomic mass is 16.5. The molecule has 5 heteroatoms. The number of rotatable bonds is 3. The van der Waals surface area contributed by atoms with E-state index in [0.29, 0.717) is 18.2 Å². The van der Waals surface area contributed by atoms with Crippen LogP contribution >= 0.6 is 0 Å². The summed E-state index contributed by atoms with van der Waals surface area (Å²) in [5.41, 5.74) is 1.55. The first-order valence-corrected chi connectivity index (χ1v) is 7.13. The van der Waals surface area contributed by atoms with Gasteiger partial charge in [-0.15, -0.1) is 0 Å². The minimum absolute atomic E-state index is 0.0914. The van der Waals surface area contributed by atoms with Crippen molar-refractivity contribution in [2.45, 2.75) is 31.7 Å². The van der Waals surface area contributed by atoms with E-state index in [-0.39, 0.29) is 17.2 Å². The molecule has 5 nitrogen and oxygen atoms in total. The van der Waals surface area contributed by atoms with Gasteiger partial charge in [0.1, 0.15) is 5.75 Å². The lowest BCUT2D eigenvalue weighted by Crippen LogP contribution is -2.20. The van der Waals surface area contributed by atoms with Gasteiger partial charge in [0.15, 0.2) is 5.78 Å². The number of ether oxygens (including phenoxy) is 1. The number of carbonyl (C=O) groups is 1. The summed E-state index contributed by atoms with van der Waals surface area (Å²) in [7, 11) is 0. The Hall–Kier alpha value is -2.43. The van der Waals surface area contributed by atoms with Crippen molar-refractivity contribution in [2.24, 2.45) is 0 Å². The highest BCUT2D eigenvalue weighted by Crippen LogP contribution is 2.33. The molecule has 0 unspecified atom stereocenters. The third kappa shape index (κ3) is 2.14. The zero-order chi connectivity index (χ0) is 14.4. The third-order valence-corrected chi connectivity index (χ3v) is 3.99. The molecule has 106 valence electrons. The van der Waals surface area contributed by atoms with Crippen LogP contribution in [0.3, 0.4) is 0 Å². The van der Waals surface area contributed by atoms with E-state index in [1.165, 1.54) is 0 Å². The van der Waals surface area contributed by atoms with Gasteiger partial charge in [0.25, 0.3) is 5.88 Å². The fourth-order valence-corrected chi connectivity index (χ4v) is 2.72. The van der Waals surface area contributed by atoms with Gasteiger partial charge >= 0.3 is 5.56 Å². The maximum Gasteiger partial charge on any atom is 0.313 e. The van der Waals surface area contributed by atoms with Crippen molar-refractivity contribution in [1.29, 1.82) is 0 Å². The van der Waals surface area contributed by atoms with Gasteiger partial charge in [0.2, 0.25) is 0 Å². The Bertz CT molecular complexity index is 790. The van der Waals surface area contributed by atoms with Crippen LogP contribution < -0.4 is 10.3 Å². The number of aromatic nitrogens is 2. The van der Waals surface area contributed by atoms with E-state index in [1.54, 1.807) is 29.1 Å². The Morgan fingerprint density at radius 1 is 1.19 bits per heavy atom. The Balaban J connectivity index is 1.66. The minimum atomic E-state index is -0.198. The molecule has 1 saturated carbocycles. The predicted molar refractivity (Wildman–Crippen MR) is 75.9 cm³/mol. The number of aryl methyl sites for hydroxylation is 1. The van der Waals surface area contributed by atoms with Gasteiger partial charge in [0, 0.05) is 30.4 Å². The second-order valence-corrected chi connectivity index (χ2v) is 5.52. The lowest BCUT2D eigenvalue weighted by Gasteiger charge is -2.08. The number of hydrogen-bond acceptors (Lipinski definition) is 4. The van der Waals surface area contributed by atoms with Gasteiger partial charge < -0.3 is 9.30 Å². The first-order valence-electron chi connectivity index (χ1n) is 7.13. The van der Waals surface area contributed by atoms with E-state index < -0.39 is 0 Å². The fourth-order valence-electron chi connectivity index (χ4n) is 2.72. The molecule has 2 aliphatic carbocycles. The molecule has 1 aromatic carbocycles. The van der Waals surface area contributed by atoms with Crippen LogP contribution in [-0.2, 0) is 6.42 Å². The lowest BCUT2D eigenvalue weighted by atomic mass is 10.1. The summed E-state index contributed by atoms with van der Waals surface area (Å²) in [4.78, 5) is 27.9. The lowest BCUT2D eigenvalue weighted by molar-refractivity contribution is 0.0994. The monoisotopic (exact) mass is 282 g/mol. The maximum absolute atomic E-state index is 12.3. The van der Waals surface area contributed by atoms with Crippen LogP contribution in [0.2, 0.25) is 0 Å². The third-order valence-electron chi connectivity index (χ3n) is 3.99. The van der Waals surface area contributed by atoms with Crippen LogP contribution in [0, 0.1) is 0 Å². The van der Waals surface area contributed by atoms with Gasteiger partial charge in [-0.05, 0) is 43.0 Å². The zero-order valence-electron chi connectivity index (χ0n) is 11.4. The molecule has 0 radical (unpaired) electrons. The SMILES string of the molecule is O=C1CCc2cc(Oc3nccn(C4CC4)c3=O)ccc21. The number of hydrogen-bond donors (Lipinski definition) is 0. The first kappa shape index (κ1) is 12.3. The van der Waals surface area contributed by atoms with Crippen molar-refractivity contribution < 1.29 is 9.53 Å². The van der Waals surface area contributed by atoms with Gasteiger partial charge in [-0.3, -0.25) is 9.59 Å². The van der Waals surface area contributed by atoms with Crippen LogP contribution in [0.15, 0.2) is 35.4 Å². The van der Waals surface area contributed by atoms with E-state index >= 15 is 0 Å². The molecule has 2 aliphatic rings. The maximum atomic E-state index is 12.3. The highest BCUT2D eigenvalue weighted by molar-refractivity contribution is 6.00. The number of nitrogens with zero attached hydrogens (tertiary/aromatic N) is 2. The van der Waals surface area contributed by atoms with E-state index in [0.717, 1.165) is 30.4 Å². The van der Waals surface area contributed by atoms with Crippen LogP contribution in [0.1, 0.15) is 41.2 Å². The summed E-state index contributed by atoms with van der Waals surface area (Å²) >= 11 is 0. The van der Waals surface area contributed by atoms with E-state index in [9.17, 15) is 9.59 Å². The van der Waals surface area contributed by atoms with Crippen LogP contribution in [0.5, 0.6) is 11.6 Å². The Labute approximate surface area is 121 Å². The number of fused-ring (bicyclic) bond motifs is 1. The van der Waals surface area contributed by atoms with Gasteiger partial charge in [-0.1, -0.05) is 0 Å². The normalized spacial score (nSPS) is 16.9. The van der Waals surface area contributed by atoms with Gasteiger partial charge in [-0.25, -0.2) is 4.98 Å². The number of Topliss-reactive ketones (excluding diaryl/α,β-unsaturated/α-hetero) is 1. The predicted octanol–water partition coefficient (Wildman–Crippen LogP) is 2.50. The zero-order valence-corrected chi connectivity index (χ0v) is 11.4. The molecular formula is C16H14N2O3. The molecule has 21 heavy (non-hydrogen) atoms.